The Labute approximate surface area is 192 Å². The van der Waals surface area contributed by atoms with Gasteiger partial charge in [0.15, 0.2) is 11.4 Å². The van der Waals surface area contributed by atoms with Crippen LogP contribution in [0, 0.1) is 24.7 Å². The highest BCUT2D eigenvalue weighted by Crippen LogP contribution is 2.65. The van der Waals surface area contributed by atoms with Crippen LogP contribution in [0.1, 0.15) is 69.2 Å². The number of Topliss-reactive ketones (excluding diaryl/α,β-unsaturated/α-hetero) is 3. The maximum atomic E-state index is 14.0. The first kappa shape index (κ1) is 23.4. The van der Waals surface area contributed by atoms with Crippen LogP contribution < -0.4 is 0 Å². The second-order valence-electron chi connectivity index (χ2n) is 10.4. The van der Waals surface area contributed by atoms with Gasteiger partial charge >= 0.3 is 0 Å². The normalized spacial score (nSPS) is 35.9. The minimum Gasteiger partial charge on any atom is -0.507 e. The van der Waals surface area contributed by atoms with Crippen molar-refractivity contribution in [1.82, 2.24) is 0 Å². The molecule has 4 N–H and O–H groups in total. The second kappa shape index (κ2) is 6.64. The Balaban J connectivity index is 2.12. The number of benzene rings is 1. The maximum absolute atomic E-state index is 14.0. The van der Waals surface area contributed by atoms with E-state index in [0.717, 1.165) is 5.56 Å². The van der Waals surface area contributed by atoms with E-state index < -0.39 is 51.6 Å². The molecule has 5 atom stereocenters. The number of fused-ring (bicyclic) bond motifs is 3. The molecular formula is C26H30O7. The van der Waals surface area contributed by atoms with Gasteiger partial charge in [0.05, 0.1) is 22.8 Å². The second-order valence-corrected chi connectivity index (χ2v) is 10.4. The number of rotatable bonds is 1. The Hall–Kier alpha value is -2.77. The van der Waals surface area contributed by atoms with E-state index >= 15 is 0 Å². The van der Waals surface area contributed by atoms with Crippen LogP contribution in [-0.4, -0.2) is 49.5 Å². The fraction of sp³-hybridized carbons (Fsp3) is 0.500. The summed E-state index contributed by atoms with van der Waals surface area (Å²) < 4.78 is 0. The summed E-state index contributed by atoms with van der Waals surface area (Å²) in [6.45, 7) is 11.2. The molecule has 0 spiro atoms. The van der Waals surface area contributed by atoms with Crippen LogP contribution in [0.4, 0.5) is 0 Å². The topological polar surface area (TPSA) is 132 Å². The van der Waals surface area contributed by atoms with Gasteiger partial charge in [-0.2, -0.15) is 0 Å². The molecule has 0 heterocycles. The lowest BCUT2D eigenvalue weighted by Gasteiger charge is -2.61. The lowest BCUT2D eigenvalue weighted by Crippen LogP contribution is -2.73. The number of ketones is 3. The monoisotopic (exact) mass is 454 g/mol. The van der Waals surface area contributed by atoms with Gasteiger partial charge in [0.2, 0.25) is 11.6 Å². The van der Waals surface area contributed by atoms with E-state index in [0.29, 0.717) is 16.7 Å². The number of aromatic hydroxyl groups is 1. The molecule has 176 valence electrons. The van der Waals surface area contributed by atoms with Gasteiger partial charge in [-0.05, 0) is 56.7 Å². The fourth-order valence-electron chi connectivity index (χ4n) is 6.52. The molecule has 33 heavy (non-hydrogen) atoms. The molecule has 0 aromatic heterocycles. The lowest BCUT2D eigenvalue weighted by atomic mass is 9.43. The number of aryl methyl sites for hydroxylation is 1. The highest BCUT2D eigenvalue weighted by Gasteiger charge is 2.74. The third-order valence-corrected chi connectivity index (χ3v) is 8.74. The first-order chi connectivity index (χ1) is 15.1. The number of carbonyl (C=O) groups excluding carboxylic acids is 3. The average molecular weight is 455 g/mol. The van der Waals surface area contributed by atoms with Crippen molar-refractivity contribution in [3.05, 3.63) is 45.0 Å². The minimum absolute atomic E-state index is 0.0432. The van der Waals surface area contributed by atoms with E-state index in [1.165, 1.54) is 13.8 Å². The van der Waals surface area contributed by atoms with Crippen LogP contribution in [0.25, 0.3) is 5.76 Å². The smallest absolute Gasteiger partial charge is 0.206 e. The van der Waals surface area contributed by atoms with Gasteiger partial charge < -0.3 is 20.4 Å². The highest BCUT2D eigenvalue weighted by molar-refractivity contribution is 6.33. The van der Waals surface area contributed by atoms with E-state index in [9.17, 15) is 34.8 Å². The molecule has 3 aliphatic carbocycles. The van der Waals surface area contributed by atoms with Crippen molar-refractivity contribution < 1.29 is 34.8 Å². The van der Waals surface area contributed by atoms with Crippen LogP contribution in [-0.2, 0) is 14.4 Å². The molecule has 0 bridgehead atoms. The molecule has 0 saturated heterocycles. The largest absolute Gasteiger partial charge is 0.507 e. The number of aliphatic hydroxyl groups excluding tert-OH is 2. The van der Waals surface area contributed by atoms with Crippen molar-refractivity contribution in [2.24, 2.45) is 10.8 Å². The molecule has 1 saturated carbocycles. The summed E-state index contributed by atoms with van der Waals surface area (Å²) in [6, 6.07) is 1.82. The molecule has 4 rings (SSSR count). The van der Waals surface area contributed by atoms with Crippen LogP contribution in [0.3, 0.4) is 0 Å². The molecule has 3 aliphatic rings. The van der Waals surface area contributed by atoms with Gasteiger partial charge in [0.1, 0.15) is 11.5 Å². The number of hydrogen-bond donors (Lipinski definition) is 4. The molecule has 7 heteroatoms. The lowest BCUT2D eigenvalue weighted by molar-refractivity contribution is -0.197. The van der Waals surface area contributed by atoms with Gasteiger partial charge in [-0.15, -0.1) is 0 Å². The zero-order chi connectivity index (χ0) is 25.0. The average Bonchev–Trinajstić information content (AvgIpc) is 2.72. The summed E-state index contributed by atoms with van der Waals surface area (Å²) in [6.07, 6.45) is -1.47. The molecule has 0 aliphatic heterocycles. The summed E-state index contributed by atoms with van der Waals surface area (Å²) in [5.74, 6) is -3.97. The first-order valence-corrected chi connectivity index (χ1v) is 11.1. The van der Waals surface area contributed by atoms with Crippen LogP contribution in [0.15, 0.2) is 22.8 Å². The van der Waals surface area contributed by atoms with Crippen molar-refractivity contribution in [3.8, 4) is 5.75 Å². The van der Waals surface area contributed by atoms with E-state index in [2.05, 4.69) is 0 Å². The van der Waals surface area contributed by atoms with E-state index in [4.69, 9.17) is 0 Å². The molecule has 7 nitrogen and oxygen atoms in total. The Bertz CT molecular complexity index is 1240. The number of phenols is 1. The molecule has 1 aromatic rings. The number of aliphatic hydroxyl groups is 3. The Kier molecular flexibility index (Phi) is 4.71. The van der Waals surface area contributed by atoms with Gasteiger partial charge in [0, 0.05) is 10.8 Å². The maximum Gasteiger partial charge on any atom is 0.206 e. The molecule has 1 fully saturated rings. The van der Waals surface area contributed by atoms with Crippen molar-refractivity contribution in [1.29, 1.82) is 0 Å². The molecule has 0 amide bonds. The summed E-state index contributed by atoms with van der Waals surface area (Å²) in [5, 5.41) is 45.7. The SMILES string of the molecule is CC(=O)C1=C(C)C[C@@]2(C)[C@H](O)[C@]3(C)C(=C(O)c4c(cc(C)c(C)c4O)[C@H]3C)C(=O)[C@@]2(O)C1=O. The fourth-order valence-corrected chi connectivity index (χ4v) is 6.52. The Morgan fingerprint density at radius 1 is 1.09 bits per heavy atom. The quantitative estimate of drug-likeness (QED) is 0.379. The highest BCUT2D eigenvalue weighted by atomic mass is 16.3. The number of allylic oxidation sites excluding steroid dienone is 1. The van der Waals surface area contributed by atoms with Crippen LogP contribution in [0.2, 0.25) is 0 Å². The number of carbonyl (C=O) groups is 3. The summed E-state index contributed by atoms with van der Waals surface area (Å²) in [5.41, 5.74) is -3.94. The summed E-state index contributed by atoms with van der Waals surface area (Å²) >= 11 is 0. The van der Waals surface area contributed by atoms with Gasteiger partial charge in [0.25, 0.3) is 0 Å². The zero-order valence-corrected chi connectivity index (χ0v) is 20.0. The third-order valence-electron chi connectivity index (χ3n) is 8.74. The minimum atomic E-state index is -2.73. The summed E-state index contributed by atoms with van der Waals surface area (Å²) in [7, 11) is 0. The molecule has 0 radical (unpaired) electrons. The van der Waals surface area contributed by atoms with Crippen molar-refractivity contribution in [2.75, 3.05) is 0 Å². The van der Waals surface area contributed by atoms with Crippen LogP contribution in [0.5, 0.6) is 5.75 Å². The zero-order valence-electron chi connectivity index (χ0n) is 20.0. The Morgan fingerprint density at radius 2 is 1.67 bits per heavy atom. The molecule has 1 aromatic carbocycles. The third kappa shape index (κ3) is 2.39. The first-order valence-electron chi connectivity index (χ1n) is 11.1. The summed E-state index contributed by atoms with van der Waals surface area (Å²) in [4.78, 5) is 39.6. The van der Waals surface area contributed by atoms with E-state index in [-0.39, 0.29) is 28.9 Å². The van der Waals surface area contributed by atoms with Crippen molar-refractivity contribution in [2.45, 2.75) is 72.5 Å². The van der Waals surface area contributed by atoms with Gasteiger partial charge in [-0.1, -0.05) is 32.4 Å². The van der Waals surface area contributed by atoms with Crippen molar-refractivity contribution in [3.63, 3.8) is 0 Å². The number of hydrogen-bond acceptors (Lipinski definition) is 7. The van der Waals surface area contributed by atoms with E-state index in [1.54, 1.807) is 27.7 Å². The predicted molar refractivity (Wildman–Crippen MR) is 121 cm³/mol. The molecule has 0 unspecified atom stereocenters. The van der Waals surface area contributed by atoms with Gasteiger partial charge in [-0.25, -0.2) is 0 Å². The standard InChI is InChI=1S/C26H30O7/c1-10-8-15-13(4)25(7)18(20(29)17(15)19(28)12(10)3)22(31)26(33)21(30)16(14(5)27)11(2)9-24(26,6)23(25)32/h8,13,23,28-29,32-33H,9H2,1-7H3/t13-,23+,24+,25+,26+/m1/s1. The predicted octanol–water partition coefficient (Wildman–Crippen LogP) is 2.96. The van der Waals surface area contributed by atoms with Gasteiger partial charge in [-0.3, -0.25) is 14.4 Å². The number of phenolic OH excluding ortho intramolecular Hbond substituents is 1. The Morgan fingerprint density at radius 3 is 2.21 bits per heavy atom. The van der Waals surface area contributed by atoms with Crippen LogP contribution >= 0.6 is 0 Å². The van der Waals surface area contributed by atoms with E-state index in [1.807, 2.05) is 13.0 Å². The molecular weight excluding hydrogens is 424 g/mol. The van der Waals surface area contributed by atoms with Crippen molar-refractivity contribution >= 4 is 23.1 Å².